The van der Waals surface area contributed by atoms with E-state index in [1.807, 2.05) is 31.3 Å². The Kier molecular flexibility index (Phi) is 6.61. The van der Waals surface area contributed by atoms with Gasteiger partial charge in [-0.15, -0.1) is 0 Å². The number of hydrogen-bond donors (Lipinski definition) is 1. The average molecular weight is 333 g/mol. The number of amides is 2. The van der Waals surface area contributed by atoms with Crippen LogP contribution in [-0.4, -0.2) is 62.5 Å². The van der Waals surface area contributed by atoms with E-state index in [-0.39, 0.29) is 17.7 Å². The van der Waals surface area contributed by atoms with Crippen LogP contribution in [-0.2, 0) is 16.1 Å². The van der Waals surface area contributed by atoms with Crippen molar-refractivity contribution in [3.05, 3.63) is 29.8 Å². The van der Waals surface area contributed by atoms with Crippen molar-refractivity contribution in [2.75, 3.05) is 40.8 Å². The molecule has 0 unspecified atom stereocenters. The van der Waals surface area contributed by atoms with Crippen molar-refractivity contribution >= 4 is 11.8 Å². The van der Waals surface area contributed by atoms with E-state index in [4.69, 9.17) is 4.74 Å². The molecule has 0 aliphatic carbocycles. The molecule has 2 amide bonds. The maximum Gasteiger partial charge on any atom is 0.236 e. The minimum atomic E-state index is 0.0765. The van der Waals surface area contributed by atoms with E-state index in [0.717, 1.165) is 37.2 Å². The predicted molar refractivity (Wildman–Crippen MR) is 92.7 cm³/mol. The van der Waals surface area contributed by atoms with Crippen LogP contribution in [0.3, 0.4) is 0 Å². The van der Waals surface area contributed by atoms with E-state index >= 15 is 0 Å². The molecular weight excluding hydrogens is 306 g/mol. The van der Waals surface area contributed by atoms with Gasteiger partial charge in [-0.05, 0) is 32.0 Å². The van der Waals surface area contributed by atoms with Gasteiger partial charge in [-0.3, -0.25) is 14.5 Å². The summed E-state index contributed by atoms with van der Waals surface area (Å²) in [6.07, 6.45) is 1.62. The SMILES string of the molecule is CNC(=O)C1CCN(CC(=O)N(C)Cc2ccccc2OC)CC1. The molecule has 2 rings (SSSR count). The minimum absolute atomic E-state index is 0.0765. The summed E-state index contributed by atoms with van der Waals surface area (Å²) in [5.41, 5.74) is 0.995. The van der Waals surface area contributed by atoms with Crippen molar-refractivity contribution in [2.45, 2.75) is 19.4 Å². The Balaban J connectivity index is 1.83. The number of benzene rings is 1. The molecule has 6 heteroatoms. The quantitative estimate of drug-likeness (QED) is 0.847. The van der Waals surface area contributed by atoms with E-state index in [1.165, 1.54) is 0 Å². The number of hydrogen-bond acceptors (Lipinski definition) is 4. The lowest BCUT2D eigenvalue weighted by molar-refractivity contribution is -0.132. The maximum absolute atomic E-state index is 12.5. The van der Waals surface area contributed by atoms with Gasteiger partial charge < -0.3 is 15.0 Å². The van der Waals surface area contributed by atoms with Crippen LogP contribution in [0.4, 0.5) is 0 Å². The first-order valence-corrected chi connectivity index (χ1v) is 8.35. The third kappa shape index (κ3) is 4.71. The third-order valence-corrected chi connectivity index (χ3v) is 4.59. The second-order valence-electron chi connectivity index (χ2n) is 6.23. The van der Waals surface area contributed by atoms with Gasteiger partial charge in [-0.25, -0.2) is 0 Å². The fraction of sp³-hybridized carbons (Fsp3) is 0.556. The van der Waals surface area contributed by atoms with Crippen LogP contribution in [0.2, 0.25) is 0 Å². The Morgan fingerprint density at radius 1 is 1.29 bits per heavy atom. The van der Waals surface area contributed by atoms with Crippen molar-refractivity contribution in [2.24, 2.45) is 5.92 Å². The smallest absolute Gasteiger partial charge is 0.236 e. The summed E-state index contributed by atoms with van der Waals surface area (Å²) in [6, 6.07) is 7.73. The van der Waals surface area contributed by atoms with Crippen LogP contribution >= 0.6 is 0 Å². The van der Waals surface area contributed by atoms with Crippen LogP contribution in [0, 0.1) is 5.92 Å². The topological polar surface area (TPSA) is 61.9 Å². The van der Waals surface area contributed by atoms with Crippen molar-refractivity contribution in [1.82, 2.24) is 15.1 Å². The van der Waals surface area contributed by atoms with Crippen LogP contribution < -0.4 is 10.1 Å². The number of piperidine rings is 1. The van der Waals surface area contributed by atoms with Gasteiger partial charge in [-0.2, -0.15) is 0 Å². The van der Waals surface area contributed by atoms with Gasteiger partial charge in [0.05, 0.1) is 13.7 Å². The lowest BCUT2D eigenvalue weighted by Gasteiger charge is -2.31. The molecule has 0 atom stereocenters. The van der Waals surface area contributed by atoms with Gasteiger partial charge in [0.1, 0.15) is 5.75 Å². The molecule has 6 nitrogen and oxygen atoms in total. The van der Waals surface area contributed by atoms with E-state index < -0.39 is 0 Å². The number of carbonyl (C=O) groups is 2. The Morgan fingerprint density at radius 3 is 2.58 bits per heavy atom. The molecule has 1 aliphatic rings. The molecule has 1 aromatic carbocycles. The molecule has 0 saturated carbocycles. The second-order valence-corrected chi connectivity index (χ2v) is 6.23. The van der Waals surface area contributed by atoms with E-state index in [2.05, 4.69) is 10.2 Å². The van der Waals surface area contributed by atoms with Crippen LogP contribution in [0.15, 0.2) is 24.3 Å². The Morgan fingerprint density at radius 2 is 1.96 bits per heavy atom. The minimum Gasteiger partial charge on any atom is -0.496 e. The number of nitrogens with one attached hydrogen (secondary N) is 1. The zero-order valence-corrected chi connectivity index (χ0v) is 14.7. The second kappa shape index (κ2) is 8.68. The number of carbonyl (C=O) groups excluding carboxylic acids is 2. The first kappa shape index (κ1) is 18.3. The number of likely N-dealkylation sites (tertiary alicyclic amines) is 1. The van der Waals surface area contributed by atoms with Gasteiger partial charge in [0.15, 0.2) is 0 Å². The highest BCUT2D eigenvalue weighted by Gasteiger charge is 2.25. The summed E-state index contributed by atoms with van der Waals surface area (Å²) in [6.45, 7) is 2.49. The van der Waals surface area contributed by atoms with Crippen molar-refractivity contribution in [3.63, 3.8) is 0 Å². The number of para-hydroxylation sites is 1. The lowest BCUT2D eigenvalue weighted by atomic mass is 9.96. The molecule has 132 valence electrons. The average Bonchev–Trinajstić information content (AvgIpc) is 2.62. The van der Waals surface area contributed by atoms with Gasteiger partial charge in [0, 0.05) is 32.1 Å². The first-order valence-electron chi connectivity index (χ1n) is 8.35. The summed E-state index contributed by atoms with van der Waals surface area (Å²) in [7, 11) is 5.12. The summed E-state index contributed by atoms with van der Waals surface area (Å²) >= 11 is 0. The number of nitrogens with zero attached hydrogens (tertiary/aromatic N) is 2. The summed E-state index contributed by atoms with van der Waals surface area (Å²) in [4.78, 5) is 28.0. The van der Waals surface area contributed by atoms with Crippen molar-refractivity contribution < 1.29 is 14.3 Å². The van der Waals surface area contributed by atoms with E-state index in [1.54, 1.807) is 19.1 Å². The molecule has 1 N–H and O–H groups in total. The Labute approximate surface area is 143 Å². The molecular formula is C18H27N3O3. The molecule has 1 aliphatic heterocycles. The van der Waals surface area contributed by atoms with Gasteiger partial charge in [0.25, 0.3) is 0 Å². The third-order valence-electron chi connectivity index (χ3n) is 4.59. The Bertz CT molecular complexity index is 568. The summed E-state index contributed by atoms with van der Waals surface area (Å²) in [5.74, 6) is 1.06. The number of methoxy groups -OCH3 is 1. The fourth-order valence-electron chi connectivity index (χ4n) is 3.05. The molecule has 1 fully saturated rings. The summed E-state index contributed by atoms with van der Waals surface area (Å²) < 4.78 is 5.33. The lowest BCUT2D eigenvalue weighted by Crippen LogP contribution is -2.44. The molecule has 1 heterocycles. The molecule has 0 bridgehead atoms. The zero-order chi connectivity index (χ0) is 17.5. The van der Waals surface area contributed by atoms with Crippen molar-refractivity contribution in [1.29, 1.82) is 0 Å². The predicted octanol–water partition coefficient (Wildman–Crippen LogP) is 1.11. The van der Waals surface area contributed by atoms with Gasteiger partial charge >= 0.3 is 0 Å². The standard InChI is InChI=1S/C18H27N3O3/c1-19-18(23)14-8-10-21(11-9-14)13-17(22)20(2)12-15-6-4-5-7-16(15)24-3/h4-7,14H,8-13H2,1-3H3,(H,19,23). The summed E-state index contributed by atoms with van der Waals surface area (Å²) in [5, 5.41) is 2.70. The first-order chi connectivity index (χ1) is 11.5. The van der Waals surface area contributed by atoms with Crippen molar-refractivity contribution in [3.8, 4) is 5.75 Å². The fourth-order valence-corrected chi connectivity index (χ4v) is 3.05. The molecule has 0 spiro atoms. The highest BCUT2D eigenvalue weighted by atomic mass is 16.5. The normalized spacial score (nSPS) is 15.8. The van der Waals surface area contributed by atoms with E-state index in [0.29, 0.717) is 13.1 Å². The monoisotopic (exact) mass is 333 g/mol. The van der Waals surface area contributed by atoms with Gasteiger partial charge in [-0.1, -0.05) is 18.2 Å². The molecule has 1 saturated heterocycles. The van der Waals surface area contributed by atoms with Crippen LogP contribution in [0.25, 0.3) is 0 Å². The highest BCUT2D eigenvalue weighted by molar-refractivity contribution is 5.79. The highest BCUT2D eigenvalue weighted by Crippen LogP contribution is 2.20. The number of ether oxygens (including phenoxy) is 1. The number of likely N-dealkylation sites (N-methyl/N-ethyl adjacent to an activating group) is 1. The van der Waals surface area contributed by atoms with Crippen LogP contribution in [0.1, 0.15) is 18.4 Å². The molecule has 24 heavy (non-hydrogen) atoms. The Hall–Kier alpha value is -2.08. The largest absolute Gasteiger partial charge is 0.496 e. The van der Waals surface area contributed by atoms with Gasteiger partial charge in [0.2, 0.25) is 11.8 Å². The molecule has 0 aromatic heterocycles. The molecule has 0 radical (unpaired) electrons. The number of rotatable bonds is 6. The van der Waals surface area contributed by atoms with E-state index in [9.17, 15) is 9.59 Å². The maximum atomic E-state index is 12.5. The van der Waals surface area contributed by atoms with Crippen LogP contribution in [0.5, 0.6) is 5.75 Å². The molecule has 1 aromatic rings. The zero-order valence-electron chi connectivity index (χ0n) is 14.7.